The molecular weight excluding hydrogens is 310 g/mol. The first-order chi connectivity index (χ1) is 10.9. The van der Waals surface area contributed by atoms with Crippen LogP contribution in [0.1, 0.15) is 24.2 Å². The lowest BCUT2D eigenvalue weighted by atomic mass is 10.1. The maximum atomic E-state index is 12.3. The van der Waals surface area contributed by atoms with Gasteiger partial charge < -0.3 is 5.11 Å². The van der Waals surface area contributed by atoms with Gasteiger partial charge in [0.25, 0.3) is 0 Å². The number of sulfonamides is 1. The minimum absolute atomic E-state index is 0.229. The van der Waals surface area contributed by atoms with E-state index in [2.05, 4.69) is 4.72 Å². The number of nitrogens with one attached hydrogen (secondary N) is 1. The van der Waals surface area contributed by atoms with Crippen molar-refractivity contribution < 1.29 is 13.5 Å². The molecule has 2 atom stereocenters. The smallest absolute Gasteiger partial charge is 0.241 e. The summed E-state index contributed by atoms with van der Waals surface area (Å²) in [6, 6.07) is 15.4. The van der Waals surface area contributed by atoms with Crippen LogP contribution in [-0.4, -0.2) is 19.6 Å². The summed E-state index contributed by atoms with van der Waals surface area (Å²) >= 11 is 0. The van der Waals surface area contributed by atoms with Crippen LogP contribution in [0.25, 0.3) is 0 Å². The van der Waals surface area contributed by atoms with Crippen molar-refractivity contribution in [3.05, 3.63) is 77.9 Å². The molecule has 2 N–H and O–H groups in total. The molecule has 2 rings (SSSR count). The number of aryl methyl sites for hydroxylation is 1. The van der Waals surface area contributed by atoms with Gasteiger partial charge in [0.1, 0.15) is 0 Å². The Hall–Kier alpha value is -1.95. The Labute approximate surface area is 137 Å². The summed E-state index contributed by atoms with van der Waals surface area (Å²) in [5, 5.41) is 10.1. The number of aliphatic hydroxyl groups excluding tert-OH is 1. The molecule has 0 aliphatic rings. The average molecular weight is 331 g/mol. The molecule has 0 unspecified atom stereocenters. The van der Waals surface area contributed by atoms with Crippen LogP contribution in [0, 0.1) is 6.92 Å². The molecule has 0 heterocycles. The SMILES string of the molecule is Cc1ccc(S(=O)(=O)N[C@H](C)/C=C/[C@@H](O)c2ccccc2)cc1. The van der Waals surface area contributed by atoms with Crippen molar-refractivity contribution in [2.45, 2.75) is 30.9 Å². The van der Waals surface area contributed by atoms with E-state index in [-0.39, 0.29) is 4.90 Å². The van der Waals surface area contributed by atoms with Crippen LogP contribution < -0.4 is 4.72 Å². The minimum Gasteiger partial charge on any atom is -0.384 e. The molecule has 0 aliphatic heterocycles. The predicted octanol–water partition coefficient (Wildman–Crippen LogP) is 2.95. The second-order valence-electron chi connectivity index (χ2n) is 5.46. The fourth-order valence-electron chi connectivity index (χ4n) is 2.10. The zero-order valence-corrected chi connectivity index (χ0v) is 14.0. The Morgan fingerprint density at radius 1 is 1.00 bits per heavy atom. The fourth-order valence-corrected chi connectivity index (χ4v) is 3.30. The molecule has 0 bridgehead atoms. The van der Waals surface area contributed by atoms with Gasteiger partial charge in [-0.05, 0) is 31.5 Å². The van der Waals surface area contributed by atoms with E-state index in [0.717, 1.165) is 11.1 Å². The fraction of sp³-hybridized carbons (Fsp3) is 0.222. The van der Waals surface area contributed by atoms with E-state index >= 15 is 0 Å². The lowest BCUT2D eigenvalue weighted by Crippen LogP contribution is -2.31. The van der Waals surface area contributed by atoms with E-state index in [4.69, 9.17) is 0 Å². The van der Waals surface area contributed by atoms with E-state index in [9.17, 15) is 13.5 Å². The van der Waals surface area contributed by atoms with Crippen molar-refractivity contribution in [2.75, 3.05) is 0 Å². The summed E-state index contributed by atoms with van der Waals surface area (Å²) in [4.78, 5) is 0.229. The number of rotatable bonds is 6. The Balaban J connectivity index is 2.02. The highest BCUT2D eigenvalue weighted by Crippen LogP contribution is 2.14. The second kappa shape index (κ2) is 7.55. The van der Waals surface area contributed by atoms with Crippen molar-refractivity contribution >= 4 is 10.0 Å². The number of benzene rings is 2. The standard InChI is InChI=1S/C18H21NO3S/c1-14-8-11-17(12-9-14)23(21,22)19-15(2)10-13-18(20)16-6-4-3-5-7-16/h3-13,15,18-20H,1-2H3/b13-10+/t15-,18-/m1/s1. The van der Waals surface area contributed by atoms with E-state index in [1.54, 1.807) is 43.3 Å². The summed E-state index contributed by atoms with van der Waals surface area (Å²) < 4.78 is 27.1. The van der Waals surface area contributed by atoms with Gasteiger partial charge in [-0.3, -0.25) is 0 Å². The first-order valence-corrected chi connectivity index (χ1v) is 8.87. The van der Waals surface area contributed by atoms with Crippen LogP contribution in [0.3, 0.4) is 0 Å². The molecule has 2 aromatic carbocycles. The molecule has 5 heteroatoms. The summed E-state index contributed by atoms with van der Waals surface area (Å²) in [6.07, 6.45) is 2.46. The van der Waals surface area contributed by atoms with Gasteiger partial charge >= 0.3 is 0 Å². The van der Waals surface area contributed by atoms with Crippen LogP contribution in [0.2, 0.25) is 0 Å². The molecule has 2 aromatic rings. The molecule has 122 valence electrons. The minimum atomic E-state index is -3.57. The summed E-state index contributed by atoms with van der Waals surface area (Å²) in [7, 11) is -3.57. The Kier molecular flexibility index (Phi) is 5.71. The summed E-state index contributed by atoms with van der Waals surface area (Å²) in [5.41, 5.74) is 1.76. The van der Waals surface area contributed by atoms with E-state index in [1.807, 2.05) is 37.3 Å². The van der Waals surface area contributed by atoms with Gasteiger partial charge in [0.05, 0.1) is 11.0 Å². The zero-order chi connectivity index (χ0) is 16.9. The zero-order valence-electron chi connectivity index (χ0n) is 13.2. The third kappa shape index (κ3) is 5.03. The lowest BCUT2D eigenvalue weighted by molar-refractivity contribution is 0.228. The second-order valence-corrected chi connectivity index (χ2v) is 7.18. The van der Waals surface area contributed by atoms with Crippen molar-refractivity contribution in [1.29, 1.82) is 0 Å². The van der Waals surface area contributed by atoms with Gasteiger partial charge in [0.15, 0.2) is 0 Å². The van der Waals surface area contributed by atoms with Gasteiger partial charge in [0.2, 0.25) is 10.0 Å². The molecule has 0 aromatic heterocycles. The van der Waals surface area contributed by atoms with E-state index in [1.165, 1.54) is 0 Å². The monoisotopic (exact) mass is 331 g/mol. The van der Waals surface area contributed by atoms with Gasteiger partial charge in [-0.25, -0.2) is 13.1 Å². The lowest BCUT2D eigenvalue weighted by Gasteiger charge is -2.12. The highest BCUT2D eigenvalue weighted by Gasteiger charge is 2.15. The van der Waals surface area contributed by atoms with Crippen molar-refractivity contribution in [1.82, 2.24) is 4.72 Å². The third-order valence-electron chi connectivity index (χ3n) is 3.40. The van der Waals surface area contributed by atoms with Crippen molar-refractivity contribution in [3.8, 4) is 0 Å². The van der Waals surface area contributed by atoms with E-state index < -0.39 is 22.2 Å². The van der Waals surface area contributed by atoms with Crippen LogP contribution in [0.4, 0.5) is 0 Å². The first kappa shape index (κ1) is 17.4. The normalized spacial score (nSPS) is 14.7. The van der Waals surface area contributed by atoms with Crippen LogP contribution >= 0.6 is 0 Å². The average Bonchev–Trinajstić information content (AvgIpc) is 2.53. The van der Waals surface area contributed by atoms with Gasteiger partial charge in [0, 0.05) is 6.04 Å². The molecule has 0 spiro atoms. The number of aliphatic hydroxyl groups is 1. The molecular formula is C18H21NO3S. The predicted molar refractivity (Wildman–Crippen MR) is 91.5 cm³/mol. The van der Waals surface area contributed by atoms with Gasteiger partial charge in [-0.15, -0.1) is 0 Å². The molecule has 0 aliphatic carbocycles. The molecule has 0 amide bonds. The first-order valence-electron chi connectivity index (χ1n) is 7.39. The Morgan fingerprint density at radius 3 is 2.22 bits per heavy atom. The van der Waals surface area contributed by atoms with Crippen LogP contribution in [0.5, 0.6) is 0 Å². The van der Waals surface area contributed by atoms with E-state index in [0.29, 0.717) is 0 Å². The maximum Gasteiger partial charge on any atom is 0.241 e. The van der Waals surface area contributed by atoms with Crippen LogP contribution in [0.15, 0.2) is 71.6 Å². The maximum absolute atomic E-state index is 12.3. The highest BCUT2D eigenvalue weighted by atomic mass is 32.2. The molecule has 0 saturated heterocycles. The van der Waals surface area contributed by atoms with Crippen molar-refractivity contribution in [3.63, 3.8) is 0 Å². The summed E-state index contributed by atoms with van der Waals surface area (Å²) in [6.45, 7) is 3.63. The quantitative estimate of drug-likeness (QED) is 0.800. The largest absolute Gasteiger partial charge is 0.384 e. The van der Waals surface area contributed by atoms with Crippen molar-refractivity contribution in [2.24, 2.45) is 0 Å². The van der Waals surface area contributed by atoms with Gasteiger partial charge in [-0.1, -0.05) is 60.2 Å². The summed E-state index contributed by atoms with van der Waals surface area (Å²) in [5.74, 6) is 0. The molecule has 0 radical (unpaired) electrons. The number of hydrogen-bond donors (Lipinski definition) is 2. The highest BCUT2D eigenvalue weighted by molar-refractivity contribution is 7.89. The molecule has 4 nitrogen and oxygen atoms in total. The molecule has 23 heavy (non-hydrogen) atoms. The molecule has 0 saturated carbocycles. The third-order valence-corrected chi connectivity index (χ3v) is 4.97. The topological polar surface area (TPSA) is 66.4 Å². The Bertz CT molecular complexity index is 753. The Morgan fingerprint density at radius 2 is 1.61 bits per heavy atom. The number of hydrogen-bond acceptors (Lipinski definition) is 3. The van der Waals surface area contributed by atoms with Crippen LogP contribution in [-0.2, 0) is 10.0 Å². The van der Waals surface area contributed by atoms with Gasteiger partial charge in [-0.2, -0.15) is 0 Å². The molecule has 0 fully saturated rings.